The average Bonchev–Trinajstić information content (AvgIpc) is 3.17. The third-order valence-corrected chi connectivity index (χ3v) is 5.34. The number of nitrogens with zero attached hydrogens (tertiary/aromatic N) is 5. The van der Waals surface area contributed by atoms with Gasteiger partial charge in [-0.25, -0.2) is 4.79 Å². The molecular weight excluding hydrogens is 450 g/mol. The number of aromatic nitrogens is 5. The van der Waals surface area contributed by atoms with E-state index in [1.54, 1.807) is 48.1 Å². The van der Waals surface area contributed by atoms with Gasteiger partial charge in [-0.15, -0.1) is 0 Å². The minimum Gasteiger partial charge on any atom is -0.497 e. The van der Waals surface area contributed by atoms with E-state index in [9.17, 15) is 14.7 Å². The number of halogens is 1. The van der Waals surface area contributed by atoms with Gasteiger partial charge in [0.1, 0.15) is 11.5 Å². The predicted octanol–water partition coefficient (Wildman–Crippen LogP) is 2.18. The topological polar surface area (TPSA) is 113 Å². The van der Waals surface area contributed by atoms with E-state index >= 15 is 0 Å². The molecule has 3 heterocycles. The van der Waals surface area contributed by atoms with Crippen LogP contribution in [-0.2, 0) is 20.1 Å². The van der Waals surface area contributed by atoms with Crippen molar-refractivity contribution in [3.05, 3.63) is 74.1 Å². The second-order valence-corrected chi connectivity index (χ2v) is 7.71. The second kappa shape index (κ2) is 9.47. The lowest BCUT2D eigenvalue weighted by Gasteiger charge is -2.11. The van der Waals surface area contributed by atoms with Gasteiger partial charge in [-0.1, -0.05) is 11.6 Å². The van der Waals surface area contributed by atoms with Gasteiger partial charge in [0.15, 0.2) is 11.2 Å². The van der Waals surface area contributed by atoms with Crippen LogP contribution in [0.5, 0.6) is 17.5 Å². The summed E-state index contributed by atoms with van der Waals surface area (Å²) in [7, 11) is 3.10. The lowest BCUT2D eigenvalue weighted by molar-refractivity contribution is 0.277. The number of aliphatic hydroxyl groups excluding tert-OH is 1. The lowest BCUT2D eigenvalue weighted by atomic mass is 10.3. The van der Waals surface area contributed by atoms with Gasteiger partial charge in [0, 0.05) is 26.4 Å². The van der Waals surface area contributed by atoms with Crippen LogP contribution < -0.4 is 20.7 Å². The summed E-state index contributed by atoms with van der Waals surface area (Å²) in [6.07, 6.45) is 1.78. The highest BCUT2D eigenvalue weighted by Crippen LogP contribution is 2.26. The zero-order valence-corrected chi connectivity index (χ0v) is 18.8. The Bertz CT molecular complexity index is 1390. The summed E-state index contributed by atoms with van der Waals surface area (Å²) in [5, 5.41) is 9.66. The number of methoxy groups -OCH3 is 1. The van der Waals surface area contributed by atoms with E-state index in [4.69, 9.17) is 21.1 Å². The largest absolute Gasteiger partial charge is 0.497 e. The molecule has 0 spiro atoms. The van der Waals surface area contributed by atoms with Crippen molar-refractivity contribution in [2.45, 2.75) is 19.5 Å². The van der Waals surface area contributed by atoms with Crippen molar-refractivity contribution < 1.29 is 14.6 Å². The van der Waals surface area contributed by atoms with Crippen molar-refractivity contribution in [3.63, 3.8) is 0 Å². The molecule has 4 rings (SSSR count). The summed E-state index contributed by atoms with van der Waals surface area (Å²) >= 11 is 5.96. The van der Waals surface area contributed by atoms with Crippen molar-refractivity contribution in [1.82, 2.24) is 23.7 Å². The highest BCUT2D eigenvalue weighted by atomic mass is 35.5. The number of ether oxygens (including phenoxy) is 2. The fourth-order valence-corrected chi connectivity index (χ4v) is 3.53. The molecule has 0 amide bonds. The Morgan fingerprint density at radius 1 is 1.06 bits per heavy atom. The number of fused-ring (bicyclic) bond motifs is 1. The molecule has 1 N–H and O–H groups in total. The van der Waals surface area contributed by atoms with Crippen molar-refractivity contribution in [2.75, 3.05) is 13.7 Å². The van der Waals surface area contributed by atoms with Gasteiger partial charge in [-0.05, 0) is 42.8 Å². The zero-order chi connectivity index (χ0) is 23.5. The molecule has 0 radical (unpaired) electrons. The Morgan fingerprint density at radius 3 is 2.42 bits per heavy atom. The predicted molar refractivity (Wildman–Crippen MR) is 122 cm³/mol. The normalized spacial score (nSPS) is 11.2. The number of rotatable bonds is 8. The van der Waals surface area contributed by atoms with E-state index in [0.717, 1.165) is 4.57 Å². The number of benzene rings is 1. The Morgan fingerprint density at radius 2 is 1.79 bits per heavy atom. The van der Waals surface area contributed by atoms with Crippen molar-refractivity contribution >= 4 is 22.8 Å². The van der Waals surface area contributed by atoms with Gasteiger partial charge >= 0.3 is 11.7 Å². The Labute approximate surface area is 193 Å². The number of aliphatic hydroxyl groups is 1. The van der Waals surface area contributed by atoms with Crippen molar-refractivity contribution in [3.8, 4) is 17.5 Å². The minimum atomic E-state index is -0.522. The summed E-state index contributed by atoms with van der Waals surface area (Å²) in [6, 6.07) is 10.4. The summed E-state index contributed by atoms with van der Waals surface area (Å²) in [5.74, 6) is 1.14. The first-order chi connectivity index (χ1) is 15.9. The molecule has 0 bridgehead atoms. The molecule has 0 saturated heterocycles. The monoisotopic (exact) mass is 471 g/mol. The van der Waals surface area contributed by atoms with Crippen LogP contribution >= 0.6 is 11.6 Å². The molecule has 0 aliphatic heterocycles. The molecule has 1 aromatic carbocycles. The number of hydrogen-bond donors (Lipinski definition) is 1. The van der Waals surface area contributed by atoms with Crippen LogP contribution in [0, 0.1) is 0 Å². The van der Waals surface area contributed by atoms with Gasteiger partial charge in [0.05, 0.1) is 24.4 Å². The number of pyridine rings is 1. The van der Waals surface area contributed by atoms with Crippen LogP contribution in [0.25, 0.3) is 11.2 Å². The van der Waals surface area contributed by atoms with Crippen LogP contribution in [0.3, 0.4) is 0 Å². The van der Waals surface area contributed by atoms with E-state index in [1.807, 2.05) is 0 Å². The van der Waals surface area contributed by atoms with Crippen LogP contribution in [0.15, 0.2) is 52.2 Å². The molecule has 33 heavy (non-hydrogen) atoms. The molecular formula is C22H22ClN5O5. The lowest BCUT2D eigenvalue weighted by Crippen LogP contribution is -2.39. The second-order valence-electron chi connectivity index (χ2n) is 7.27. The molecule has 172 valence electrons. The molecule has 0 saturated carbocycles. The van der Waals surface area contributed by atoms with Gasteiger partial charge < -0.3 is 14.6 Å². The molecule has 0 unspecified atom stereocenters. The molecule has 10 nitrogen and oxygen atoms in total. The van der Waals surface area contributed by atoms with Crippen molar-refractivity contribution in [1.29, 1.82) is 0 Å². The van der Waals surface area contributed by atoms with Crippen LogP contribution in [0.4, 0.5) is 0 Å². The van der Waals surface area contributed by atoms with Crippen molar-refractivity contribution in [2.24, 2.45) is 7.05 Å². The number of aryl methyl sites for hydroxylation is 1. The third-order valence-electron chi connectivity index (χ3n) is 5.11. The Balaban J connectivity index is 1.90. The standard InChI is InChI=1S/C22H22ClN5O5/c1-26-19-18(20(30)27(22(26)31)10-3-11-29)28(13-15-5-4-14(23)12-24-15)21(25-19)33-17-8-6-16(32-2)7-9-17/h4-9,12,29H,3,10-11,13H2,1-2H3. The Hall–Kier alpha value is -3.63. The molecule has 3 aromatic heterocycles. The molecule has 11 heteroatoms. The quantitative estimate of drug-likeness (QED) is 0.419. The highest BCUT2D eigenvalue weighted by Gasteiger charge is 2.22. The first-order valence-electron chi connectivity index (χ1n) is 10.2. The minimum absolute atomic E-state index is 0.0803. The van der Waals surface area contributed by atoms with E-state index in [2.05, 4.69) is 9.97 Å². The van der Waals surface area contributed by atoms with E-state index in [1.165, 1.54) is 17.8 Å². The highest BCUT2D eigenvalue weighted by molar-refractivity contribution is 6.30. The van der Waals surface area contributed by atoms with Gasteiger partial charge in [-0.3, -0.25) is 23.5 Å². The maximum atomic E-state index is 13.3. The van der Waals surface area contributed by atoms with Gasteiger partial charge in [-0.2, -0.15) is 4.98 Å². The first-order valence-corrected chi connectivity index (χ1v) is 10.5. The maximum Gasteiger partial charge on any atom is 0.332 e. The van der Waals surface area contributed by atoms with Gasteiger partial charge in [0.2, 0.25) is 0 Å². The molecule has 0 fully saturated rings. The summed E-state index contributed by atoms with van der Waals surface area (Å²) < 4.78 is 15.1. The average molecular weight is 472 g/mol. The fourth-order valence-electron chi connectivity index (χ4n) is 3.41. The molecule has 0 atom stereocenters. The van der Waals surface area contributed by atoms with E-state index in [-0.39, 0.29) is 43.3 Å². The number of hydrogen-bond acceptors (Lipinski definition) is 7. The fraction of sp³-hybridized carbons (Fsp3) is 0.273. The molecule has 0 aliphatic carbocycles. The smallest absolute Gasteiger partial charge is 0.332 e. The molecule has 0 aliphatic rings. The van der Waals surface area contributed by atoms with Crippen LogP contribution in [-0.4, -0.2) is 42.5 Å². The zero-order valence-electron chi connectivity index (χ0n) is 18.1. The molecule has 4 aromatic rings. The van der Waals surface area contributed by atoms with Crippen LogP contribution in [0.1, 0.15) is 12.1 Å². The third kappa shape index (κ3) is 4.48. The summed E-state index contributed by atoms with van der Waals surface area (Å²) in [4.78, 5) is 34.9. The first kappa shape index (κ1) is 22.6. The van der Waals surface area contributed by atoms with Gasteiger partial charge in [0.25, 0.3) is 5.56 Å². The summed E-state index contributed by atoms with van der Waals surface area (Å²) in [5.41, 5.74) is -0.0507. The van der Waals surface area contributed by atoms with E-state index in [0.29, 0.717) is 22.2 Å². The summed E-state index contributed by atoms with van der Waals surface area (Å²) in [6.45, 7) is 0.0943. The Kier molecular flexibility index (Phi) is 6.47. The van der Waals surface area contributed by atoms with Crippen LogP contribution in [0.2, 0.25) is 5.02 Å². The SMILES string of the molecule is COc1ccc(Oc2nc3c(c(=O)n(CCCO)c(=O)n3C)n2Cc2ccc(Cl)cn2)cc1. The maximum absolute atomic E-state index is 13.3. The number of imidazole rings is 1. The van der Waals surface area contributed by atoms with E-state index < -0.39 is 11.2 Å².